The fourth-order valence-electron chi connectivity index (χ4n) is 3.04. The highest BCUT2D eigenvalue weighted by atomic mass is 127. The van der Waals surface area contributed by atoms with Gasteiger partial charge in [-0.15, -0.1) is 0 Å². The van der Waals surface area contributed by atoms with Crippen molar-refractivity contribution in [2.45, 2.75) is 76.3 Å². The molecule has 2 saturated carbocycles. The van der Waals surface area contributed by atoms with Crippen molar-refractivity contribution in [3.8, 4) is 0 Å². The first-order chi connectivity index (χ1) is 6.45. The molecule has 0 heterocycles. The third kappa shape index (κ3) is 4.05. The number of nitrogens with two attached hydrogens (primary N) is 1. The Labute approximate surface area is 105 Å². The Hall–Kier alpha value is 0.690. The molecule has 0 aliphatic heterocycles. The van der Waals surface area contributed by atoms with Crippen molar-refractivity contribution in [2.75, 3.05) is 0 Å². The van der Waals surface area contributed by atoms with Crippen LogP contribution in [-0.4, -0.2) is 12.1 Å². The van der Waals surface area contributed by atoms with Crippen molar-refractivity contribution in [2.24, 2.45) is 0 Å². The SMILES string of the molecule is C1CCC([NH2+]C2CCCCC2)CC1.[I-]. The Morgan fingerprint density at radius 1 is 0.571 bits per heavy atom. The van der Waals surface area contributed by atoms with E-state index in [0.29, 0.717) is 0 Å². The molecule has 0 aromatic rings. The van der Waals surface area contributed by atoms with E-state index in [1.165, 1.54) is 64.2 Å². The van der Waals surface area contributed by atoms with E-state index in [9.17, 15) is 0 Å². The van der Waals surface area contributed by atoms with Crippen molar-refractivity contribution in [3.05, 3.63) is 0 Å². The maximum Gasteiger partial charge on any atom is 0.0861 e. The zero-order chi connectivity index (χ0) is 8.93. The van der Waals surface area contributed by atoms with Gasteiger partial charge in [0.05, 0.1) is 12.1 Å². The number of hydrogen-bond donors (Lipinski definition) is 1. The Bertz CT molecular complexity index is 121. The lowest BCUT2D eigenvalue weighted by Crippen LogP contribution is -3.00. The number of rotatable bonds is 2. The lowest BCUT2D eigenvalue weighted by molar-refractivity contribution is -0.725. The van der Waals surface area contributed by atoms with E-state index in [1.54, 1.807) is 0 Å². The molecule has 0 saturated heterocycles. The van der Waals surface area contributed by atoms with Crippen molar-refractivity contribution in [3.63, 3.8) is 0 Å². The van der Waals surface area contributed by atoms with Crippen LogP contribution in [0.15, 0.2) is 0 Å². The van der Waals surface area contributed by atoms with E-state index in [-0.39, 0.29) is 24.0 Å². The molecule has 2 heteroatoms. The smallest absolute Gasteiger partial charge is 0.0861 e. The maximum absolute atomic E-state index is 2.72. The van der Waals surface area contributed by atoms with E-state index >= 15 is 0 Å². The van der Waals surface area contributed by atoms with E-state index in [0.717, 1.165) is 12.1 Å². The van der Waals surface area contributed by atoms with Crippen molar-refractivity contribution >= 4 is 0 Å². The second-order valence-electron chi connectivity index (χ2n) is 4.99. The van der Waals surface area contributed by atoms with Gasteiger partial charge in [-0.3, -0.25) is 0 Å². The molecular weight excluding hydrogens is 285 g/mol. The molecule has 0 atom stereocenters. The van der Waals surface area contributed by atoms with Gasteiger partial charge in [0, 0.05) is 0 Å². The predicted octanol–water partition coefficient (Wildman–Crippen LogP) is -0.781. The number of quaternary nitrogens is 1. The van der Waals surface area contributed by atoms with Crippen LogP contribution in [0.1, 0.15) is 64.2 Å². The lowest BCUT2D eigenvalue weighted by Gasteiger charge is -2.27. The number of hydrogen-bond acceptors (Lipinski definition) is 0. The molecule has 84 valence electrons. The van der Waals surface area contributed by atoms with Gasteiger partial charge >= 0.3 is 0 Å². The monoisotopic (exact) mass is 309 g/mol. The lowest BCUT2D eigenvalue weighted by atomic mass is 9.91. The highest BCUT2D eigenvalue weighted by Gasteiger charge is 2.22. The Morgan fingerprint density at radius 3 is 1.29 bits per heavy atom. The molecule has 2 N–H and O–H groups in total. The third-order valence-corrected chi connectivity index (χ3v) is 3.84. The quantitative estimate of drug-likeness (QED) is 0.645. The fourth-order valence-corrected chi connectivity index (χ4v) is 3.04. The van der Waals surface area contributed by atoms with Crippen LogP contribution in [0.3, 0.4) is 0 Å². The van der Waals surface area contributed by atoms with E-state index in [4.69, 9.17) is 0 Å². The summed E-state index contributed by atoms with van der Waals surface area (Å²) in [5.74, 6) is 0. The minimum absolute atomic E-state index is 0. The average molecular weight is 309 g/mol. The fraction of sp³-hybridized carbons (Fsp3) is 1.00. The molecule has 0 amide bonds. The molecule has 0 aromatic carbocycles. The van der Waals surface area contributed by atoms with Gasteiger partial charge in [0.25, 0.3) is 0 Å². The first kappa shape index (κ1) is 12.8. The molecule has 0 spiro atoms. The van der Waals surface area contributed by atoms with Crippen molar-refractivity contribution < 1.29 is 29.3 Å². The first-order valence-corrected chi connectivity index (χ1v) is 6.30. The van der Waals surface area contributed by atoms with Crippen LogP contribution in [0.25, 0.3) is 0 Å². The van der Waals surface area contributed by atoms with Crippen LogP contribution in [-0.2, 0) is 0 Å². The highest BCUT2D eigenvalue weighted by Crippen LogP contribution is 2.18. The standard InChI is InChI=1S/C12H23N.HI/c1-3-7-11(8-4-1)13-12-9-5-2-6-10-12;/h11-13H,1-10H2;1H. The zero-order valence-electron chi connectivity index (χ0n) is 9.18. The summed E-state index contributed by atoms with van der Waals surface area (Å²) in [7, 11) is 0. The van der Waals surface area contributed by atoms with Crippen molar-refractivity contribution in [1.82, 2.24) is 0 Å². The van der Waals surface area contributed by atoms with Crippen LogP contribution in [0, 0.1) is 0 Å². The van der Waals surface area contributed by atoms with Gasteiger partial charge in [-0.05, 0) is 51.4 Å². The van der Waals surface area contributed by atoms with Gasteiger partial charge in [0.1, 0.15) is 0 Å². The molecule has 2 fully saturated rings. The molecule has 0 aromatic heterocycles. The molecule has 0 bridgehead atoms. The summed E-state index contributed by atoms with van der Waals surface area (Å²) in [5, 5.41) is 2.72. The molecule has 0 unspecified atom stereocenters. The van der Waals surface area contributed by atoms with Crippen LogP contribution in [0.5, 0.6) is 0 Å². The largest absolute Gasteiger partial charge is 1.00 e. The second-order valence-corrected chi connectivity index (χ2v) is 4.99. The van der Waals surface area contributed by atoms with Gasteiger partial charge in [-0.1, -0.05) is 12.8 Å². The predicted molar refractivity (Wildman–Crippen MR) is 55.7 cm³/mol. The van der Waals surface area contributed by atoms with Gasteiger partial charge in [-0.25, -0.2) is 0 Å². The van der Waals surface area contributed by atoms with Gasteiger partial charge in [0.2, 0.25) is 0 Å². The Balaban J connectivity index is 0.000000980. The summed E-state index contributed by atoms with van der Waals surface area (Å²) >= 11 is 0. The second kappa shape index (κ2) is 7.04. The molecular formula is C12H24IN. The van der Waals surface area contributed by atoms with Gasteiger partial charge < -0.3 is 29.3 Å². The average Bonchev–Trinajstić information content (AvgIpc) is 2.21. The minimum Gasteiger partial charge on any atom is -1.00 e. The normalized spacial score (nSPS) is 25.7. The van der Waals surface area contributed by atoms with Gasteiger partial charge in [0.15, 0.2) is 0 Å². The summed E-state index contributed by atoms with van der Waals surface area (Å²) in [6.45, 7) is 0. The minimum atomic E-state index is 0. The summed E-state index contributed by atoms with van der Waals surface area (Å²) in [6.07, 6.45) is 15.0. The Kier molecular flexibility index (Phi) is 6.42. The topological polar surface area (TPSA) is 16.6 Å². The number of halogens is 1. The van der Waals surface area contributed by atoms with Crippen LogP contribution < -0.4 is 29.3 Å². The molecule has 0 radical (unpaired) electrons. The van der Waals surface area contributed by atoms with Gasteiger partial charge in [-0.2, -0.15) is 0 Å². The molecule has 14 heavy (non-hydrogen) atoms. The maximum atomic E-state index is 2.72. The highest BCUT2D eigenvalue weighted by molar-refractivity contribution is 4.67. The summed E-state index contributed by atoms with van der Waals surface area (Å²) in [6, 6.07) is 1.99. The summed E-state index contributed by atoms with van der Waals surface area (Å²) in [4.78, 5) is 0. The Morgan fingerprint density at radius 2 is 0.929 bits per heavy atom. The molecule has 1 nitrogen and oxygen atoms in total. The summed E-state index contributed by atoms with van der Waals surface area (Å²) in [5.41, 5.74) is 0. The van der Waals surface area contributed by atoms with E-state index < -0.39 is 0 Å². The van der Waals surface area contributed by atoms with Crippen LogP contribution in [0.2, 0.25) is 0 Å². The van der Waals surface area contributed by atoms with E-state index in [1.807, 2.05) is 0 Å². The van der Waals surface area contributed by atoms with Crippen LogP contribution in [0.4, 0.5) is 0 Å². The first-order valence-electron chi connectivity index (χ1n) is 6.30. The van der Waals surface area contributed by atoms with E-state index in [2.05, 4.69) is 5.32 Å². The zero-order valence-corrected chi connectivity index (χ0v) is 11.3. The molecule has 2 rings (SSSR count). The third-order valence-electron chi connectivity index (χ3n) is 3.84. The van der Waals surface area contributed by atoms with Crippen LogP contribution >= 0.6 is 0 Å². The molecule has 2 aliphatic rings. The molecule has 2 aliphatic carbocycles. The summed E-state index contributed by atoms with van der Waals surface area (Å²) < 4.78 is 0. The van der Waals surface area contributed by atoms with Crippen molar-refractivity contribution in [1.29, 1.82) is 0 Å².